The first-order valence-electron chi connectivity index (χ1n) is 8.81. The molecule has 4 aliphatic rings. The van der Waals surface area contributed by atoms with Crippen LogP contribution in [0, 0.1) is 17.8 Å². The van der Waals surface area contributed by atoms with Crippen LogP contribution in [0.1, 0.15) is 44.9 Å². The third kappa shape index (κ3) is 2.65. The minimum Gasteiger partial charge on any atom is -0.391 e. The Morgan fingerprint density at radius 2 is 1.95 bits per heavy atom. The van der Waals surface area contributed by atoms with Crippen molar-refractivity contribution in [3.8, 4) is 0 Å². The Morgan fingerprint density at radius 1 is 1.14 bits per heavy atom. The maximum absolute atomic E-state index is 10.4. The zero-order valence-electron chi connectivity index (χ0n) is 13.2. The molecule has 0 aromatic rings. The van der Waals surface area contributed by atoms with Crippen molar-refractivity contribution in [2.45, 2.75) is 62.9 Å². The summed E-state index contributed by atoms with van der Waals surface area (Å²) in [6.45, 7) is 2.55. The summed E-state index contributed by atoms with van der Waals surface area (Å²) in [6, 6.07) is 0.191. The molecule has 3 aliphatic carbocycles. The van der Waals surface area contributed by atoms with Gasteiger partial charge < -0.3 is 19.5 Å². The van der Waals surface area contributed by atoms with Crippen molar-refractivity contribution in [1.29, 1.82) is 0 Å². The summed E-state index contributed by atoms with van der Waals surface area (Å²) in [5, 5.41) is 10.4. The fourth-order valence-corrected chi connectivity index (χ4v) is 5.43. The molecule has 3 saturated carbocycles. The largest absolute Gasteiger partial charge is 0.391 e. The van der Waals surface area contributed by atoms with Gasteiger partial charge in [0.05, 0.1) is 19.3 Å². The first-order chi connectivity index (χ1) is 10.2. The normalized spacial score (nSPS) is 45.0. The Labute approximate surface area is 127 Å². The highest BCUT2D eigenvalue weighted by Crippen LogP contribution is 2.49. The summed E-state index contributed by atoms with van der Waals surface area (Å²) < 4.78 is 11.7. The van der Waals surface area contributed by atoms with Gasteiger partial charge in [0.1, 0.15) is 0 Å². The van der Waals surface area contributed by atoms with Gasteiger partial charge in [-0.05, 0) is 50.5 Å². The van der Waals surface area contributed by atoms with Gasteiger partial charge in [0, 0.05) is 25.4 Å². The fraction of sp³-hybridized carbons (Fsp3) is 1.00. The molecule has 1 heterocycles. The van der Waals surface area contributed by atoms with Gasteiger partial charge in [-0.1, -0.05) is 6.42 Å². The van der Waals surface area contributed by atoms with Crippen LogP contribution in [0.5, 0.6) is 0 Å². The number of hydrogen-bond donors (Lipinski definition) is 1. The standard InChI is InChI=1S/C17H29NO3/c1-18(11-14-9-12-2-3-13(14)8-12)15-10-17(5-4-16(15)19)20-6-7-21-17/h12-16,19H,2-11H2,1H3. The van der Waals surface area contributed by atoms with Crippen LogP contribution in [0.4, 0.5) is 0 Å². The van der Waals surface area contributed by atoms with E-state index in [1.165, 1.54) is 25.7 Å². The predicted molar refractivity (Wildman–Crippen MR) is 79.8 cm³/mol. The Hall–Kier alpha value is -0.160. The molecule has 4 nitrogen and oxygen atoms in total. The molecule has 21 heavy (non-hydrogen) atoms. The summed E-state index contributed by atoms with van der Waals surface area (Å²) in [5.74, 6) is 2.40. The average Bonchev–Trinajstić information content (AvgIpc) is 3.19. The van der Waals surface area contributed by atoms with Crippen LogP contribution in [-0.4, -0.2) is 54.7 Å². The molecule has 1 saturated heterocycles. The van der Waals surface area contributed by atoms with Crippen molar-refractivity contribution in [3.05, 3.63) is 0 Å². The van der Waals surface area contributed by atoms with Crippen molar-refractivity contribution in [2.24, 2.45) is 17.8 Å². The van der Waals surface area contributed by atoms with E-state index in [0.29, 0.717) is 13.2 Å². The molecule has 4 fully saturated rings. The first-order valence-corrected chi connectivity index (χ1v) is 8.81. The lowest BCUT2D eigenvalue weighted by molar-refractivity contribution is -0.204. The lowest BCUT2D eigenvalue weighted by Crippen LogP contribution is -2.53. The summed E-state index contributed by atoms with van der Waals surface area (Å²) in [4.78, 5) is 2.40. The molecular formula is C17H29NO3. The smallest absolute Gasteiger partial charge is 0.170 e. The van der Waals surface area contributed by atoms with Crippen molar-refractivity contribution in [2.75, 3.05) is 26.8 Å². The monoisotopic (exact) mass is 295 g/mol. The second-order valence-corrected chi connectivity index (χ2v) is 7.86. The van der Waals surface area contributed by atoms with Crippen LogP contribution in [0.2, 0.25) is 0 Å². The minimum atomic E-state index is -0.396. The minimum absolute atomic E-state index is 0.191. The summed E-state index contributed by atoms with van der Waals surface area (Å²) in [6.07, 6.45) is 8.00. The van der Waals surface area contributed by atoms with Crippen molar-refractivity contribution >= 4 is 0 Å². The van der Waals surface area contributed by atoms with Crippen LogP contribution in [0.3, 0.4) is 0 Å². The number of hydrogen-bond acceptors (Lipinski definition) is 4. The maximum atomic E-state index is 10.4. The van der Waals surface area contributed by atoms with Gasteiger partial charge >= 0.3 is 0 Å². The zero-order valence-corrected chi connectivity index (χ0v) is 13.2. The zero-order chi connectivity index (χ0) is 14.4. The molecule has 5 unspecified atom stereocenters. The van der Waals surface area contributed by atoms with E-state index in [2.05, 4.69) is 11.9 Å². The molecule has 1 spiro atoms. The highest BCUT2D eigenvalue weighted by molar-refractivity contribution is 4.95. The number of likely N-dealkylation sites (N-methyl/N-ethyl adjacent to an activating group) is 1. The van der Waals surface area contributed by atoms with Gasteiger partial charge in [-0.25, -0.2) is 0 Å². The van der Waals surface area contributed by atoms with Crippen molar-refractivity contribution in [3.63, 3.8) is 0 Å². The topological polar surface area (TPSA) is 41.9 Å². The van der Waals surface area contributed by atoms with Crippen LogP contribution in [0.15, 0.2) is 0 Å². The Bertz CT molecular complexity index is 382. The van der Waals surface area contributed by atoms with E-state index in [-0.39, 0.29) is 12.1 Å². The van der Waals surface area contributed by atoms with Crippen LogP contribution >= 0.6 is 0 Å². The van der Waals surface area contributed by atoms with Gasteiger partial charge in [0.25, 0.3) is 0 Å². The Balaban J connectivity index is 1.39. The molecule has 0 aromatic heterocycles. The molecule has 5 atom stereocenters. The SMILES string of the molecule is CN(CC1CC2CCC1C2)C1CC2(CCC1O)OCCO2. The quantitative estimate of drug-likeness (QED) is 0.865. The Kier molecular flexibility index (Phi) is 3.77. The molecule has 0 aromatic carbocycles. The van der Waals surface area contributed by atoms with Gasteiger partial charge in [-0.2, -0.15) is 0 Å². The molecule has 2 bridgehead atoms. The van der Waals surface area contributed by atoms with Crippen molar-refractivity contribution in [1.82, 2.24) is 4.90 Å². The molecule has 120 valence electrons. The summed E-state index contributed by atoms with van der Waals surface area (Å²) in [7, 11) is 2.19. The average molecular weight is 295 g/mol. The van der Waals surface area contributed by atoms with Gasteiger partial charge in [0.2, 0.25) is 0 Å². The molecule has 4 heteroatoms. The van der Waals surface area contributed by atoms with Crippen LogP contribution < -0.4 is 0 Å². The lowest BCUT2D eigenvalue weighted by Gasteiger charge is -2.44. The number of nitrogens with zero attached hydrogens (tertiary/aromatic N) is 1. The number of rotatable bonds is 3. The molecule has 1 N–H and O–H groups in total. The molecule has 1 aliphatic heterocycles. The van der Waals surface area contributed by atoms with Gasteiger partial charge in [-0.15, -0.1) is 0 Å². The predicted octanol–water partition coefficient (Wildman–Crippen LogP) is 2.01. The van der Waals surface area contributed by atoms with E-state index >= 15 is 0 Å². The van der Waals surface area contributed by atoms with E-state index in [9.17, 15) is 5.11 Å². The molecule has 0 radical (unpaired) electrons. The third-order valence-electron chi connectivity index (χ3n) is 6.57. The first kappa shape index (κ1) is 14.4. The van der Waals surface area contributed by atoms with E-state index in [1.807, 2.05) is 0 Å². The van der Waals surface area contributed by atoms with E-state index in [1.54, 1.807) is 0 Å². The van der Waals surface area contributed by atoms with Gasteiger partial charge in [-0.3, -0.25) is 0 Å². The highest BCUT2D eigenvalue weighted by Gasteiger charge is 2.47. The highest BCUT2D eigenvalue weighted by atomic mass is 16.7. The fourth-order valence-electron chi connectivity index (χ4n) is 5.43. The number of aliphatic hydroxyl groups excluding tert-OH is 1. The Morgan fingerprint density at radius 3 is 2.62 bits per heavy atom. The molecule has 0 amide bonds. The molecule has 4 rings (SSSR count). The van der Waals surface area contributed by atoms with Crippen LogP contribution in [0.25, 0.3) is 0 Å². The number of ether oxygens (including phenoxy) is 2. The second kappa shape index (κ2) is 5.48. The second-order valence-electron chi connectivity index (χ2n) is 7.86. The van der Waals surface area contributed by atoms with Gasteiger partial charge in [0.15, 0.2) is 5.79 Å². The number of aliphatic hydroxyl groups is 1. The van der Waals surface area contributed by atoms with E-state index in [0.717, 1.165) is 43.6 Å². The summed E-state index contributed by atoms with van der Waals surface area (Å²) >= 11 is 0. The van der Waals surface area contributed by atoms with E-state index in [4.69, 9.17) is 9.47 Å². The molecular weight excluding hydrogens is 266 g/mol. The third-order valence-corrected chi connectivity index (χ3v) is 6.57. The van der Waals surface area contributed by atoms with Crippen molar-refractivity contribution < 1.29 is 14.6 Å². The summed E-state index contributed by atoms with van der Waals surface area (Å²) in [5.41, 5.74) is 0. The van der Waals surface area contributed by atoms with Crippen LogP contribution in [-0.2, 0) is 9.47 Å². The van der Waals surface area contributed by atoms with E-state index < -0.39 is 5.79 Å². The maximum Gasteiger partial charge on any atom is 0.170 e. The lowest BCUT2D eigenvalue weighted by atomic mass is 9.84. The number of fused-ring (bicyclic) bond motifs is 2.